The Kier molecular flexibility index (Phi) is 3.65. The molecule has 0 aliphatic carbocycles. The Balaban J connectivity index is 2.06. The maximum absolute atomic E-state index is 10.4. The number of ether oxygens (including phenoxy) is 1. The topological polar surface area (TPSA) is 105 Å². The van der Waals surface area contributed by atoms with Crippen LogP contribution in [0.25, 0.3) is 0 Å². The summed E-state index contributed by atoms with van der Waals surface area (Å²) in [6.45, 7) is 4.69. The maximum Gasteiger partial charge on any atom is 0.148 e. The molecule has 1 fully saturated rings. The van der Waals surface area contributed by atoms with Gasteiger partial charge < -0.3 is 20.6 Å². The van der Waals surface area contributed by atoms with E-state index in [4.69, 9.17) is 10.6 Å². The largest absolute Gasteiger partial charge is 0.385 e. The van der Waals surface area contributed by atoms with Gasteiger partial charge in [0.2, 0.25) is 0 Å². The van der Waals surface area contributed by atoms with E-state index in [2.05, 4.69) is 20.7 Å². The minimum Gasteiger partial charge on any atom is -0.385 e. The Morgan fingerprint density at radius 3 is 2.89 bits per heavy atom. The first-order chi connectivity index (χ1) is 8.57. The zero-order chi connectivity index (χ0) is 13.2. The highest BCUT2D eigenvalue weighted by Gasteiger charge is 2.39. The molecule has 1 saturated heterocycles. The predicted molar refractivity (Wildman–Crippen MR) is 68.0 cm³/mol. The molecule has 0 amide bonds. The first-order valence-corrected chi connectivity index (χ1v) is 5.93. The molecule has 7 heteroatoms. The summed E-state index contributed by atoms with van der Waals surface area (Å²) in [5.74, 6) is 6.57. The number of nitrogen functional groups attached to an aromatic ring is 1. The molecule has 0 bridgehead atoms. The van der Waals surface area contributed by atoms with Gasteiger partial charge in [0.25, 0.3) is 0 Å². The van der Waals surface area contributed by atoms with Crippen LogP contribution in [0.2, 0.25) is 0 Å². The van der Waals surface area contributed by atoms with Crippen molar-refractivity contribution in [1.29, 1.82) is 0 Å². The van der Waals surface area contributed by atoms with E-state index < -0.39 is 5.60 Å². The molecule has 18 heavy (non-hydrogen) atoms. The summed E-state index contributed by atoms with van der Waals surface area (Å²) in [6, 6.07) is 0. The van der Waals surface area contributed by atoms with E-state index in [1.807, 2.05) is 13.8 Å². The molecule has 1 aliphatic rings. The van der Waals surface area contributed by atoms with Gasteiger partial charge in [-0.15, -0.1) is 0 Å². The molecule has 5 N–H and O–H groups in total. The van der Waals surface area contributed by atoms with Gasteiger partial charge in [-0.1, -0.05) is 0 Å². The van der Waals surface area contributed by atoms with Crippen LogP contribution in [-0.2, 0) is 4.74 Å². The SMILES string of the molecule is Cc1c(NN)ncnc1NCC1(O)CCOC1C. The smallest absolute Gasteiger partial charge is 0.148 e. The van der Waals surface area contributed by atoms with Crippen LogP contribution in [0.3, 0.4) is 0 Å². The summed E-state index contributed by atoms with van der Waals surface area (Å²) in [7, 11) is 0. The molecule has 7 nitrogen and oxygen atoms in total. The lowest BCUT2D eigenvalue weighted by Gasteiger charge is -2.26. The highest BCUT2D eigenvalue weighted by atomic mass is 16.5. The third-order valence-electron chi connectivity index (χ3n) is 3.44. The van der Waals surface area contributed by atoms with Crippen LogP contribution in [0.4, 0.5) is 11.6 Å². The first-order valence-electron chi connectivity index (χ1n) is 5.93. The molecule has 1 aromatic rings. The Labute approximate surface area is 106 Å². The first kappa shape index (κ1) is 13.0. The van der Waals surface area contributed by atoms with Gasteiger partial charge in [-0.05, 0) is 13.8 Å². The molecule has 2 atom stereocenters. The van der Waals surface area contributed by atoms with Gasteiger partial charge in [0.1, 0.15) is 23.6 Å². The normalized spacial score (nSPS) is 27.2. The van der Waals surface area contributed by atoms with Crippen molar-refractivity contribution in [2.75, 3.05) is 23.9 Å². The third kappa shape index (κ3) is 2.38. The number of aliphatic hydroxyl groups is 1. The lowest BCUT2D eigenvalue weighted by Crippen LogP contribution is -2.43. The second-order valence-corrected chi connectivity index (χ2v) is 4.56. The summed E-state index contributed by atoms with van der Waals surface area (Å²) in [5, 5.41) is 13.5. The minimum absolute atomic E-state index is 0.181. The summed E-state index contributed by atoms with van der Waals surface area (Å²) < 4.78 is 5.38. The monoisotopic (exact) mass is 253 g/mol. The Morgan fingerprint density at radius 1 is 1.56 bits per heavy atom. The van der Waals surface area contributed by atoms with Gasteiger partial charge in [-0.3, -0.25) is 0 Å². The van der Waals surface area contributed by atoms with E-state index in [0.717, 1.165) is 5.56 Å². The van der Waals surface area contributed by atoms with Crippen molar-refractivity contribution in [3.63, 3.8) is 0 Å². The second-order valence-electron chi connectivity index (χ2n) is 4.56. The Bertz CT molecular complexity index is 428. The number of hydrogen-bond acceptors (Lipinski definition) is 7. The molecule has 1 aromatic heterocycles. The molecule has 0 radical (unpaired) electrons. The van der Waals surface area contributed by atoms with E-state index in [1.165, 1.54) is 6.33 Å². The van der Waals surface area contributed by atoms with Crippen molar-refractivity contribution in [3.05, 3.63) is 11.9 Å². The summed E-state index contributed by atoms with van der Waals surface area (Å²) in [4.78, 5) is 8.13. The van der Waals surface area contributed by atoms with Crippen LogP contribution in [0.15, 0.2) is 6.33 Å². The van der Waals surface area contributed by atoms with Gasteiger partial charge in [0.15, 0.2) is 0 Å². The van der Waals surface area contributed by atoms with Crippen molar-refractivity contribution < 1.29 is 9.84 Å². The van der Waals surface area contributed by atoms with Crippen LogP contribution in [0.1, 0.15) is 18.9 Å². The van der Waals surface area contributed by atoms with Crippen molar-refractivity contribution >= 4 is 11.6 Å². The van der Waals surface area contributed by atoms with Gasteiger partial charge in [-0.2, -0.15) is 0 Å². The number of nitrogens with one attached hydrogen (secondary N) is 2. The molecule has 0 aromatic carbocycles. The van der Waals surface area contributed by atoms with Crippen LogP contribution >= 0.6 is 0 Å². The third-order valence-corrected chi connectivity index (χ3v) is 3.44. The molecular weight excluding hydrogens is 234 g/mol. The number of rotatable bonds is 4. The van der Waals surface area contributed by atoms with Crippen LogP contribution in [-0.4, -0.2) is 39.9 Å². The van der Waals surface area contributed by atoms with Gasteiger partial charge in [0, 0.05) is 25.1 Å². The fraction of sp³-hybridized carbons (Fsp3) is 0.636. The standard InChI is InChI=1S/C11H19N5O2/c1-7-9(14-6-15-10(7)16-12)13-5-11(17)3-4-18-8(11)2/h6,8,17H,3-5,12H2,1-2H3,(H2,13,14,15,16). The second kappa shape index (κ2) is 5.05. The predicted octanol–water partition coefficient (Wildman–Crippen LogP) is 0.0224. The number of aromatic nitrogens is 2. The quantitative estimate of drug-likeness (QED) is 0.443. The van der Waals surface area contributed by atoms with E-state index >= 15 is 0 Å². The van der Waals surface area contributed by atoms with Crippen molar-refractivity contribution in [1.82, 2.24) is 9.97 Å². The van der Waals surface area contributed by atoms with Gasteiger partial charge in [0.05, 0.1) is 6.10 Å². The number of anilines is 2. The summed E-state index contributed by atoms with van der Waals surface area (Å²) in [6.07, 6.45) is 1.86. The molecular formula is C11H19N5O2. The molecule has 2 heterocycles. The molecule has 2 unspecified atom stereocenters. The van der Waals surface area contributed by atoms with Crippen LogP contribution in [0, 0.1) is 6.92 Å². The van der Waals surface area contributed by atoms with E-state index in [-0.39, 0.29) is 6.10 Å². The van der Waals surface area contributed by atoms with Gasteiger partial charge in [-0.25, -0.2) is 15.8 Å². The number of nitrogens with zero attached hydrogens (tertiary/aromatic N) is 2. The fourth-order valence-corrected chi connectivity index (χ4v) is 2.01. The molecule has 0 saturated carbocycles. The number of hydrogen-bond donors (Lipinski definition) is 4. The number of nitrogens with two attached hydrogens (primary N) is 1. The molecule has 100 valence electrons. The van der Waals surface area contributed by atoms with Crippen LogP contribution in [0.5, 0.6) is 0 Å². The van der Waals surface area contributed by atoms with Gasteiger partial charge >= 0.3 is 0 Å². The average Bonchev–Trinajstić information content (AvgIpc) is 2.69. The highest BCUT2D eigenvalue weighted by molar-refractivity contribution is 5.55. The molecule has 0 spiro atoms. The molecule has 2 rings (SSSR count). The van der Waals surface area contributed by atoms with Crippen molar-refractivity contribution in [2.24, 2.45) is 5.84 Å². The molecule has 1 aliphatic heterocycles. The van der Waals surface area contributed by atoms with Crippen molar-refractivity contribution in [2.45, 2.75) is 32.0 Å². The van der Waals surface area contributed by atoms with E-state index in [0.29, 0.717) is 31.2 Å². The minimum atomic E-state index is -0.853. The maximum atomic E-state index is 10.4. The van der Waals surface area contributed by atoms with Crippen LogP contribution < -0.4 is 16.6 Å². The Hall–Kier alpha value is -1.44. The van der Waals surface area contributed by atoms with E-state index in [1.54, 1.807) is 0 Å². The van der Waals surface area contributed by atoms with Crippen molar-refractivity contribution in [3.8, 4) is 0 Å². The fourth-order valence-electron chi connectivity index (χ4n) is 2.01. The summed E-state index contributed by atoms with van der Waals surface area (Å²) >= 11 is 0. The highest BCUT2D eigenvalue weighted by Crippen LogP contribution is 2.26. The lowest BCUT2D eigenvalue weighted by molar-refractivity contribution is -0.0176. The zero-order valence-corrected chi connectivity index (χ0v) is 10.6. The summed E-state index contributed by atoms with van der Waals surface area (Å²) in [5.41, 5.74) is 2.47. The van der Waals surface area contributed by atoms with E-state index in [9.17, 15) is 5.11 Å². The number of hydrazine groups is 1. The Morgan fingerprint density at radius 2 is 2.28 bits per heavy atom. The zero-order valence-electron chi connectivity index (χ0n) is 10.6. The lowest BCUT2D eigenvalue weighted by atomic mass is 9.97. The average molecular weight is 253 g/mol.